The zero-order valence-corrected chi connectivity index (χ0v) is 12.8. The third-order valence-electron chi connectivity index (χ3n) is 4.11. The highest BCUT2D eigenvalue weighted by molar-refractivity contribution is 9.10. The van der Waals surface area contributed by atoms with Crippen LogP contribution in [-0.4, -0.2) is 25.4 Å². The number of carbonyl (C=O) groups excluding carboxylic acids is 1. The lowest BCUT2D eigenvalue weighted by atomic mass is 9.80. The summed E-state index contributed by atoms with van der Waals surface area (Å²) >= 11 is 3.42. The minimum atomic E-state index is 0.209. The molecule has 2 heterocycles. The summed E-state index contributed by atoms with van der Waals surface area (Å²) < 4.78 is 2.45. The normalized spacial score (nSPS) is 23.1. The number of nitrogens with two attached hydrogens (primary N) is 1. The van der Waals surface area contributed by atoms with Crippen molar-refractivity contribution in [1.82, 2.24) is 19.6 Å². The zero-order chi connectivity index (χ0) is 14.3. The molecule has 6 nitrogen and oxygen atoms in total. The number of rotatable bonds is 2. The molecule has 0 unspecified atom stereocenters. The van der Waals surface area contributed by atoms with Crippen LogP contribution in [0.25, 0.3) is 5.52 Å². The van der Waals surface area contributed by atoms with Crippen molar-refractivity contribution in [3.8, 4) is 0 Å². The van der Waals surface area contributed by atoms with Gasteiger partial charge in [-0.25, -0.2) is 14.5 Å². The third-order valence-corrected chi connectivity index (χ3v) is 4.66. The SMILES string of the molecule is CC(=O)C1CCC(c2nc(Br)c3c(N)ncnn23)CC1. The van der Waals surface area contributed by atoms with Crippen LogP contribution in [-0.2, 0) is 4.79 Å². The summed E-state index contributed by atoms with van der Waals surface area (Å²) in [4.78, 5) is 20.0. The summed E-state index contributed by atoms with van der Waals surface area (Å²) in [7, 11) is 0. The number of Topliss-reactive ketones (excluding diaryl/α,β-unsaturated/α-hetero) is 1. The maximum absolute atomic E-state index is 11.4. The van der Waals surface area contributed by atoms with Crippen molar-refractivity contribution in [3.05, 3.63) is 16.8 Å². The summed E-state index contributed by atoms with van der Waals surface area (Å²) in [5.74, 6) is 2.15. The standard InChI is InChI=1S/C13H16BrN5O/c1-7(20)8-2-4-9(5-3-8)13-18-11(14)10-12(15)16-6-17-19(10)13/h6,8-9H,2-5H2,1H3,(H2,15,16,17). The quantitative estimate of drug-likeness (QED) is 0.908. The Bertz CT molecular complexity index is 660. The minimum Gasteiger partial charge on any atom is -0.382 e. The van der Waals surface area contributed by atoms with Gasteiger partial charge in [-0.1, -0.05) is 0 Å². The minimum absolute atomic E-state index is 0.209. The molecule has 0 aliphatic heterocycles. The third kappa shape index (κ3) is 2.19. The van der Waals surface area contributed by atoms with E-state index in [9.17, 15) is 4.79 Å². The van der Waals surface area contributed by atoms with E-state index in [-0.39, 0.29) is 5.92 Å². The Kier molecular flexibility index (Phi) is 3.45. The molecular weight excluding hydrogens is 322 g/mol. The fraction of sp³-hybridized carbons (Fsp3) is 0.538. The number of carbonyl (C=O) groups is 1. The van der Waals surface area contributed by atoms with Gasteiger partial charge in [0.15, 0.2) is 5.82 Å². The molecule has 1 saturated carbocycles. The zero-order valence-electron chi connectivity index (χ0n) is 11.2. The van der Waals surface area contributed by atoms with Crippen LogP contribution in [0.4, 0.5) is 5.82 Å². The first-order valence-electron chi connectivity index (χ1n) is 6.73. The molecule has 2 aromatic heterocycles. The second-order valence-corrected chi connectivity index (χ2v) is 6.08. The van der Waals surface area contributed by atoms with Gasteiger partial charge in [0.25, 0.3) is 0 Å². The topological polar surface area (TPSA) is 86.2 Å². The molecule has 7 heteroatoms. The van der Waals surface area contributed by atoms with Crippen molar-refractivity contribution in [2.75, 3.05) is 5.73 Å². The van der Waals surface area contributed by atoms with Gasteiger partial charge in [0.1, 0.15) is 28.1 Å². The Balaban J connectivity index is 1.92. The van der Waals surface area contributed by atoms with Crippen LogP contribution in [0.5, 0.6) is 0 Å². The summed E-state index contributed by atoms with van der Waals surface area (Å²) in [5.41, 5.74) is 6.59. The van der Waals surface area contributed by atoms with E-state index in [1.54, 1.807) is 11.4 Å². The lowest BCUT2D eigenvalue weighted by molar-refractivity contribution is -0.121. The van der Waals surface area contributed by atoms with Gasteiger partial charge >= 0.3 is 0 Å². The molecule has 0 saturated heterocycles. The lowest BCUT2D eigenvalue weighted by Crippen LogP contribution is -2.20. The average molecular weight is 338 g/mol. The number of fused-ring (bicyclic) bond motifs is 1. The molecule has 0 spiro atoms. The van der Waals surface area contributed by atoms with Gasteiger partial charge in [0.05, 0.1) is 0 Å². The van der Waals surface area contributed by atoms with Crippen LogP contribution < -0.4 is 5.73 Å². The largest absolute Gasteiger partial charge is 0.382 e. The fourth-order valence-corrected chi connectivity index (χ4v) is 3.51. The fourth-order valence-electron chi connectivity index (χ4n) is 2.96. The highest BCUT2D eigenvalue weighted by Crippen LogP contribution is 2.37. The van der Waals surface area contributed by atoms with Crippen molar-refractivity contribution in [1.29, 1.82) is 0 Å². The molecular formula is C13H16BrN5O. The highest BCUT2D eigenvalue weighted by Gasteiger charge is 2.28. The molecule has 0 radical (unpaired) electrons. The summed E-state index contributed by atoms with van der Waals surface area (Å²) in [6.45, 7) is 1.68. The first-order chi connectivity index (χ1) is 9.58. The first-order valence-corrected chi connectivity index (χ1v) is 7.52. The van der Waals surface area contributed by atoms with Crippen LogP contribution in [0, 0.1) is 5.92 Å². The number of nitrogens with zero attached hydrogens (tertiary/aromatic N) is 4. The molecule has 1 aliphatic carbocycles. The van der Waals surface area contributed by atoms with Crippen molar-refractivity contribution in [3.63, 3.8) is 0 Å². The molecule has 2 aromatic rings. The monoisotopic (exact) mass is 337 g/mol. The Morgan fingerprint density at radius 1 is 1.40 bits per heavy atom. The van der Waals surface area contributed by atoms with Crippen LogP contribution in [0.15, 0.2) is 10.9 Å². The molecule has 1 fully saturated rings. The van der Waals surface area contributed by atoms with E-state index >= 15 is 0 Å². The maximum Gasteiger partial charge on any atom is 0.154 e. The van der Waals surface area contributed by atoms with E-state index in [2.05, 4.69) is 31.0 Å². The van der Waals surface area contributed by atoms with E-state index in [0.29, 0.717) is 22.1 Å². The number of hydrogen-bond donors (Lipinski definition) is 1. The summed E-state index contributed by atoms with van der Waals surface area (Å²) in [6.07, 6.45) is 5.21. The maximum atomic E-state index is 11.4. The van der Waals surface area contributed by atoms with Gasteiger partial charge in [-0.05, 0) is 48.5 Å². The Morgan fingerprint density at radius 2 is 2.10 bits per heavy atom. The molecule has 0 atom stereocenters. The smallest absolute Gasteiger partial charge is 0.154 e. The predicted molar refractivity (Wildman–Crippen MR) is 78.3 cm³/mol. The number of anilines is 1. The van der Waals surface area contributed by atoms with Crippen LogP contribution in [0.2, 0.25) is 0 Å². The first kappa shape index (κ1) is 13.5. The summed E-state index contributed by atoms with van der Waals surface area (Å²) in [6, 6.07) is 0. The van der Waals surface area contributed by atoms with Crippen molar-refractivity contribution < 1.29 is 4.79 Å². The van der Waals surface area contributed by atoms with E-state index < -0.39 is 0 Å². The molecule has 106 valence electrons. The molecule has 20 heavy (non-hydrogen) atoms. The summed E-state index contributed by atoms with van der Waals surface area (Å²) in [5, 5.41) is 4.26. The Morgan fingerprint density at radius 3 is 2.75 bits per heavy atom. The van der Waals surface area contributed by atoms with Gasteiger partial charge < -0.3 is 5.73 Å². The number of imidazole rings is 1. The number of hydrogen-bond acceptors (Lipinski definition) is 5. The molecule has 0 amide bonds. The second-order valence-electron chi connectivity index (χ2n) is 5.33. The van der Waals surface area contributed by atoms with E-state index in [1.807, 2.05) is 0 Å². The van der Waals surface area contributed by atoms with Gasteiger partial charge in [-0.2, -0.15) is 5.10 Å². The van der Waals surface area contributed by atoms with Crippen molar-refractivity contribution >= 4 is 33.0 Å². The molecule has 2 N–H and O–H groups in total. The molecule has 1 aliphatic rings. The molecule has 0 bridgehead atoms. The number of nitrogen functional groups attached to an aromatic ring is 1. The van der Waals surface area contributed by atoms with Crippen molar-refractivity contribution in [2.45, 2.75) is 38.5 Å². The van der Waals surface area contributed by atoms with Crippen LogP contribution in [0.3, 0.4) is 0 Å². The molecule has 3 rings (SSSR count). The van der Waals surface area contributed by atoms with Gasteiger partial charge in [-0.3, -0.25) is 4.79 Å². The average Bonchev–Trinajstić information content (AvgIpc) is 2.77. The van der Waals surface area contributed by atoms with Gasteiger partial charge in [0.2, 0.25) is 0 Å². The lowest BCUT2D eigenvalue weighted by Gasteiger charge is -2.25. The van der Waals surface area contributed by atoms with E-state index in [0.717, 1.165) is 37.0 Å². The number of halogens is 1. The van der Waals surface area contributed by atoms with E-state index in [4.69, 9.17) is 5.73 Å². The van der Waals surface area contributed by atoms with E-state index in [1.165, 1.54) is 6.33 Å². The number of ketones is 1. The van der Waals surface area contributed by atoms with Gasteiger partial charge in [0, 0.05) is 11.8 Å². The molecule has 0 aromatic carbocycles. The van der Waals surface area contributed by atoms with Crippen LogP contribution in [0.1, 0.15) is 44.3 Å². The van der Waals surface area contributed by atoms with Gasteiger partial charge in [-0.15, -0.1) is 0 Å². The number of aromatic nitrogens is 4. The Labute approximate surface area is 124 Å². The highest BCUT2D eigenvalue weighted by atomic mass is 79.9. The van der Waals surface area contributed by atoms with Crippen molar-refractivity contribution in [2.24, 2.45) is 5.92 Å². The second kappa shape index (κ2) is 5.12. The van der Waals surface area contributed by atoms with Crippen LogP contribution >= 0.6 is 15.9 Å². The predicted octanol–water partition coefficient (Wildman–Crippen LogP) is 2.33. The Hall–Kier alpha value is -1.50.